The lowest BCUT2D eigenvalue weighted by atomic mass is 10.1. The van der Waals surface area contributed by atoms with Crippen molar-refractivity contribution in [3.8, 4) is 0 Å². The van der Waals surface area contributed by atoms with Crippen molar-refractivity contribution in [3.63, 3.8) is 0 Å². The van der Waals surface area contributed by atoms with Crippen molar-refractivity contribution in [1.82, 2.24) is 0 Å². The molecule has 0 spiro atoms. The molecule has 0 saturated carbocycles. The Bertz CT molecular complexity index is 90.4. The van der Waals surface area contributed by atoms with Crippen LogP contribution in [0.25, 0.3) is 0 Å². The van der Waals surface area contributed by atoms with Gasteiger partial charge in [0.25, 0.3) is 0 Å². The van der Waals surface area contributed by atoms with Gasteiger partial charge in [-0.25, -0.2) is 0 Å². The first kappa shape index (κ1) is 4.62. The third kappa shape index (κ3) is 5.47. The lowest BCUT2D eigenvalue weighted by molar-refractivity contribution is -0.137. The van der Waals surface area contributed by atoms with Gasteiger partial charge in [0, 0.05) is 7.77 Å². The number of carbonyl (C=O) groups is 1. The minimum absolute atomic E-state index is 0.0903. The van der Waals surface area contributed by atoms with E-state index in [1.165, 1.54) is 0 Å². The topological polar surface area (TPSA) is 37.3 Å². The fourth-order valence-corrected chi connectivity index (χ4v) is 0.285. The highest BCUT2D eigenvalue weighted by molar-refractivity contribution is 5.66. The van der Waals surface area contributed by atoms with Gasteiger partial charge in [-0.3, -0.25) is 4.79 Å². The maximum absolute atomic E-state index is 9.95. The van der Waals surface area contributed by atoms with Crippen molar-refractivity contribution < 1.29 is 11.3 Å². The Morgan fingerprint density at radius 3 is 2.43 bits per heavy atom. The van der Waals surface area contributed by atoms with Crippen molar-refractivity contribution in [2.24, 2.45) is 5.92 Å². The molecule has 1 N–H and O–H groups in total. The monoisotopic (exact) mass is 103 g/mol. The molecule has 0 aliphatic heterocycles. The van der Waals surface area contributed by atoms with Crippen LogP contribution in [0.4, 0.5) is 0 Å². The van der Waals surface area contributed by atoms with E-state index in [1.807, 2.05) is 0 Å². The van der Waals surface area contributed by atoms with Crippen LogP contribution in [0.5, 0.6) is 0 Å². The standard InChI is InChI=1S/C5H10O2/c1-4(2)3-5(6)7/h4H,3H2,1-2H3,(H,6,7)/i3D. The van der Waals surface area contributed by atoms with Gasteiger partial charge in [0.15, 0.2) is 0 Å². The first-order valence-electron chi connectivity index (χ1n) is 2.78. The Balaban J connectivity index is 3.64. The summed E-state index contributed by atoms with van der Waals surface area (Å²) in [5.74, 6) is -1.13. The van der Waals surface area contributed by atoms with Gasteiger partial charge >= 0.3 is 5.97 Å². The molecule has 0 saturated heterocycles. The van der Waals surface area contributed by atoms with Gasteiger partial charge in [-0.2, -0.15) is 0 Å². The van der Waals surface area contributed by atoms with E-state index < -0.39 is 12.4 Å². The zero-order valence-electron chi connectivity index (χ0n) is 5.51. The first-order valence-corrected chi connectivity index (χ1v) is 2.20. The molecule has 0 aromatic rings. The Morgan fingerprint density at radius 2 is 2.43 bits per heavy atom. The van der Waals surface area contributed by atoms with Crippen LogP contribution in [0.15, 0.2) is 0 Å². The zero-order valence-corrected chi connectivity index (χ0v) is 4.51. The predicted octanol–water partition coefficient (Wildman–Crippen LogP) is 1.12. The molecule has 0 aromatic heterocycles. The van der Waals surface area contributed by atoms with Crippen molar-refractivity contribution >= 4 is 5.97 Å². The van der Waals surface area contributed by atoms with E-state index >= 15 is 0 Å². The van der Waals surface area contributed by atoms with Crippen LogP contribution in [0.2, 0.25) is 0 Å². The molecular formula is C5H10O2. The first-order chi connectivity index (χ1) is 3.55. The molecule has 1 atom stereocenters. The lowest BCUT2D eigenvalue weighted by Gasteiger charge is -1.94. The van der Waals surface area contributed by atoms with Gasteiger partial charge in [0.05, 0.1) is 0 Å². The molecule has 0 fully saturated rings. The molecule has 0 aliphatic rings. The molecule has 0 aliphatic carbocycles. The molecule has 0 rings (SSSR count). The van der Waals surface area contributed by atoms with Crippen LogP contribution in [-0.4, -0.2) is 11.1 Å². The SMILES string of the molecule is [2H]C(C(=O)O)C(C)C. The number of hydrogen-bond donors (Lipinski definition) is 1. The Kier molecular flexibility index (Phi) is 1.72. The van der Waals surface area contributed by atoms with Crippen molar-refractivity contribution in [3.05, 3.63) is 0 Å². The number of aliphatic carboxylic acids is 1. The summed E-state index contributed by atoms with van der Waals surface area (Å²) in [6.07, 6.45) is -0.963. The fourth-order valence-electron chi connectivity index (χ4n) is 0.285. The van der Waals surface area contributed by atoms with Crippen molar-refractivity contribution in [2.45, 2.75) is 20.2 Å². The molecule has 0 radical (unpaired) electrons. The lowest BCUT2D eigenvalue weighted by Crippen LogP contribution is -1.99. The number of rotatable bonds is 2. The van der Waals surface area contributed by atoms with Crippen LogP contribution in [0, 0.1) is 5.92 Å². The molecule has 2 heteroatoms. The fraction of sp³-hybridized carbons (Fsp3) is 0.800. The summed E-state index contributed by atoms with van der Waals surface area (Å²) in [6.45, 7) is 3.43. The normalized spacial score (nSPS) is 16.1. The third-order valence-electron chi connectivity index (χ3n) is 0.476. The van der Waals surface area contributed by atoms with Gasteiger partial charge < -0.3 is 5.11 Å². The largest absolute Gasteiger partial charge is 0.481 e. The highest BCUT2D eigenvalue weighted by Gasteiger charge is 1.98. The van der Waals surface area contributed by atoms with Gasteiger partial charge in [0.2, 0.25) is 0 Å². The van der Waals surface area contributed by atoms with Crippen LogP contribution in [0.1, 0.15) is 21.6 Å². The zero-order chi connectivity index (χ0) is 6.73. The summed E-state index contributed by atoms with van der Waals surface area (Å²) in [6, 6.07) is 0. The van der Waals surface area contributed by atoms with E-state index in [9.17, 15) is 4.79 Å². The van der Waals surface area contributed by atoms with Crippen LogP contribution in [-0.2, 0) is 4.79 Å². The van der Waals surface area contributed by atoms with Gasteiger partial charge in [-0.05, 0) is 5.92 Å². The van der Waals surface area contributed by atoms with Crippen LogP contribution < -0.4 is 0 Å². The Hall–Kier alpha value is -0.530. The molecular weight excluding hydrogens is 92.1 g/mol. The van der Waals surface area contributed by atoms with E-state index in [0.29, 0.717) is 0 Å². The highest BCUT2D eigenvalue weighted by atomic mass is 16.4. The molecule has 0 heterocycles. The average molecular weight is 103 g/mol. The maximum Gasteiger partial charge on any atom is 0.303 e. The minimum atomic E-state index is -1.04. The Labute approximate surface area is 44.6 Å². The van der Waals surface area contributed by atoms with E-state index in [-0.39, 0.29) is 5.92 Å². The second-order valence-electron chi connectivity index (χ2n) is 1.75. The molecule has 42 valence electrons. The predicted molar refractivity (Wildman–Crippen MR) is 27.1 cm³/mol. The van der Waals surface area contributed by atoms with Gasteiger partial charge in [-0.15, -0.1) is 0 Å². The van der Waals surface area contributed by atoms with Crippen LogP contribution in [0.3, 0.4) is 0 Å². The second-order valence-corrected chi connectivity index (χ2v) is 1.75. The average Bonchev–Trinajstić information content (AvgIpc) is 1.64. The molecule has 2 nitrogen and oxygen atoms in total. The molecule has 0 bridgehead atoms. The number of carboxylic acids is 1. The number of carboxylic acid groups (broad SMARTS) is 1. The number of hydrogen-bond acceptors (Lipinski definition) is 1. The van der Waals surface area contributed by atoms with Crippen LogP contribution >= 0.6 is 0 Å². The van der Waals surface area contributed by atoms with Gasteiger partial charge in [-0.1, -0.05) is 13.8 Å². The van der Waals surface area contributed by atoms with E-state index in [0.717, 1.165) is 0 Å². The maximum atomic E-state index is 9.95. The van der Waals surface area contributed by atoms with Crippen molar-refractivity contribution in [2.75, 3.05) is 0 Å². The molecule has 0 aromatic carbocycles. The molecule has 1 unspecified atom stereocenters. The molecule has 7 heavy (non-hydrogen) atoms. The Morgan fingerprint density at radius 1 is 2.00 bits per heavy atom. The summed E-state index contributed by atoms with van der Waals surface area (Å²) in [4.78, 5) is 9.95. The highest BCUT2D eigenvalue weighted by Crippen LogP contribution is 1.96. The second kappa shape index (κ2) is 2.61. The van der Waals surface area contributed by atoms with Gasteiger partial charge in [0.1, 0.15) is 0 Å². The molecule has 0 amide bonds. The summed E-state index contributed by atoms with van der Waals surface area (Å²) in [7, 11) is 0. The third-order valence-corrected chi connectivity index (χ3v) is 0.476. The van der Waals surface area contributed by atoms with E-state index in [4.69, 9.17) is 6.48 Å². The summed E-state index contributed by atoms with van der Waals surface area (Å²) >= 11 is 0. The quantitative estimate of drug-likeness (QED) is 0.568. The van der Waals surface area contributed by atoms with E-state index in [1.54, 1.807) is 13.8 Å². The van der Waals surface area contributed by atoms with Crippen molar-refractivity contribution in [1.29, 1.82) is 0 Å². The smallest absolute Gasteiger partial charge is 0.303 e. The minimum Gasteiger partial charge on any atom is -0.481 e. The summed E-state index contributed by atoms with van der Waals surface area (Å²) in [5, 5.41) is 8.16. The summed E-state index contributed by atoms with van der Waals surface area (Å²) in [5.41, 5.74) is 0. The van der Waals surface area contributed by atoms with E-state index in [2.05, 4.69) is 0 Å². The summed E-state index contributed by atoms with van der Waals surface area (Å²) < 4.78 is 6.88.